The van der Waals surface area contributed by atoms with Gasteiger partial charge >= 0.3 is 0 Å². The van der Waals surface area contributed by atoms with Crippen molar-refractivity contribution in [1.82, 2.24) is 10.6 Å². The van der Waals surface area contributed by atoms with E-state index >= 15 is 0 Å². The number of allylic oxidation sites excluding steroid dienone is 7. The van der Waals surface area contributed by atoms with Gasteiger partial charge in [-0.3, -0.25) is 14.1 Å². The molecular weight excluding hydrogens is 953 g/mol. The third-order valence-corrected chi connectivity index (χ3v) is 14.6. The van der Waals surface area contributed by atoms with Crippen LogP contribution in [0.2, 0.25) is 0 Å². The molecule has 19 heteroatoms. The highest BCUT2D eigenvalue weighted by molar-refractivity contribution is 7.94. The van der Waals surface area contributed by atoms with E-state index in [1.165, 1.54) is 0 Å². The number of nitrogens with one attached hydrogen (secondary N) is 2. The van der Waals surface area contributed by atoms with Gasteiger partial charge in [0, 0.05) is 76.4 Å². The summed E-state index contributed by atoms with van der Waals surface area (Å²) in [4.78, 5) is 28.9. The number of ether oxygens (including phenoxy) is 1. The van der Waals surface area contributed by atoms with E-state index in [0.717, 1.165) is 76.4 Å². The Morgan fingerprint density at radius 1 is 0.803 bits per heavy atom. The summed E-state index contributed by atoms with van der Waals surface area (Å²) in [6.07, 6.45) is 12.8. The Kier molecular flexibility index (Phi) is 19.4. The minimum Gasteiger partial charge on any atom is -0.457 e. The second-order valence-electron chi connectivity index (χ2n) is 18.8. The van der Waals surface area contributed by atoms with E-state index in [0.29, 0.717) is 60.7 Å². The largest absolute Gasteiger partial charge is 0.457 e. The van der Waals surface area contributed by atoms with Crippen LogP contribution in [-0.2, 0) is 30.3 Å². The van der Waals surface area contributed by atoms with Crippen LogP contribution in [0.25, 0.3) is 0 Å². The Balaban J connectivity index is 1.42. The van der Waals surface area contributed by atoms with E-state index in [2.05, 4.69) is 81.5 Å². The van der Waals surface area contributed by atoms with Crippen LogP contribution in [0, 0.1) is 0 Å². The van der Waals surface area contributed by atoms with Crippen molar-refractivity contribution in [1.29, 1.82) is 0 Å². The third kappa shape index (κ3) is 13.7. The van der Waals surface area contributed by atoms with Gasteiger partial charge < -0.3 is 40.7 Å². The molecule has 0 atom stereocenters. The number of fused-ring (bicyclic) bond motifs is 2. The number of amides is 2. The predicted octanol–water partition coefficient (Wildman–Crippen LogP) is 6.43. The van der Waals surface area contributed by atoms with Crippen LogP contribution in [0.3, 0.4) is 0 Å². The van der Waals surface area contributed by atoms with E-state index in [1.54, 1.807) is 12.1 Å². The molecule has 8 N–H and O–H groups in total. The Bertz CT molecular complexity index is 2640. The molecule has 2 heterocycles. The van der Waals surface area contributed by atoms with Crippen LogP contribution in [0.1, 0.15) is 104 Å². The third-order valence-electron chi connectivity index (χ3n) is 13.2. The molecule has 0 fully saturated rings. The number of rotatable bonds is 25. The number of benzene rings is 3. The van der Waals surface area contributed by atoms with Crippen LogP contribution in [0.5, 0.6) is 5.75 Å². The highest BCUT2D eigenvalue weighted by Crippen LogP contribution is 2.49. The number of unbranched alkanes of at least 4 members (excludes halogenated alkanes) is 2. The van der Waals surface area contributed by atoms with Crippen LogP contribution in [0.15, 0.2) is 114 Å². The van der Waals surface area contributed by atoms with Gasteiger partial charge in [-0.25, -0.2) is 5.26 Å². The zero-order chi connectivity index (χ0) is 51.3. The zero-order valence-corrected chi connectivity index (χ0v) is 42.3. The molecule has 1 aliphatic carbocycles. The number of aliphatic hydroxyl groups is 4. The van der Waals surface area contributed by atoms with Crippen LogP contribution in [-0.4, -0.2) is 124 Å². The first-order chi connectivity index (χ1) is 34.0. The van der Waals surface area contributed by atoms with Crippen LogP contribution < -0.4 is 20.3 Å². The monoisotopic (exact) mass is 1020 g/mol. The molecule has 0 saturated carbocycles. The summed E-state index contributed by atoms with van der Waals surface area (Å²) >= 11 is 1.00. The number of carbonyl (C=O) groups is 2. The second kappa shape index (κ2) is 25.0. The smallest absolute Gasteiger partial charge is 0.264 e. The lowest BCUT2D eigenvalue weighted by Gasteiger charge is -2.27. The Morgan fingerprint density at radius 2 is 1.45 bits per heavy atom. The summed E-state index contributed by atoms with van der Waals surface area (Å²) < 4.78 is 46.3. The SMILES string of the molecule is CC1(C)C(/C=C/C2=C(Oc3ccccc3)C(=C/C=C3/N(CCCCSOOO)c4ccc(C(=O)NC(CO)CO)cc4C3(C)C)/CCC2)=[N+](CCCCS(=O)(=O)O)c2ccc(C(=O)NC(CO)CO)cc21. The molecule has 71 heavy (non-hydrogen) atoms. The van der Waals surface area contributed by atoms with Crippen molar-refractivity contribution in [3.05, 3.63) is 136 Å². The minimum atomic E-state index is -4.16. The molecule has 0 radical (unpaired) electrons. The summed E-state index contributed by atoms with van der Waals surface area (Å²) in [5, 5.41) is 56.2. The molecule has 17 nitrogen and oxygen atoms in total. The van der Waals surface area contributed by atoms with Crippen molar-refractivity contribution < 1.29 is 66.9 Å². The Hall–Kier alpha value is -5.19. The van der Waals surface area contributed by atoms with E-state index in [9.17, 15) is 43.0 Å². The lowest BCUT2D eigenvalue weighted by Crippen LogP contribution is -2.40. The quantitative estimate of drug-likeness (QED) is 0.0114. The maximum atomic E-state index is 13.3. The molecule has 0 saturated heterocycles. The zero-order valence-electron chi connectivity index (χ0n) is 40.7. The van der Waals surface area contributed by atoms with Crippen molar-refractivity contribution in [3.8, 4) is 5.75 Å². The summed E-state index contributed by atoms with van der Waals surface area (Å²) in [6, 6.07) is 18.8. The first-order valence-electron chi connectivity index (χ1n) is 23.8. The van der Waals surface area contributed by atoms with Gasteiger partial charge in [0.15, 0.2) is 5.71 Å². The summed E-state index contributed by atoms with van der Waals surface area (Å²) in [5.74, 6) is 0.713. The van der Waals surface area contributed by atoms with Crippen molar-refractivity contribution in [2.24, 2.45) is 0 Å². The van der Waals surface area contributed by atoms with Crippen molar-refractivity contribution in [3.63, 3.8) is 0 Å². The fourth-order valence-corrected chi connectivity index (χ4v) is 10.3. The number of anilines is 1. The molecule has 0 spiro atoms. The highest BCUT2D eigenvalue weighted by atomic mass is 32.2. The van der Waals surface area contributed by atoms with Gasteiger partial charge in [-0.2, -0.15) is 13.0 Å². The molecule has 0 aromatic heterocycles. The van der Waals surface area contributed by atoms with Gasteiger partial charge in [-0.15, -0.1) is 4.33 Å². The molecule has 6 rings (SSSR count). The molecule has 3 aromatic carbocycles. The van der Waals surface area contributed by atoms with Crippen molar-refractivity contribution in [2.75, 3.05) is 55.9 Å². The maximum absolute atomic E-state index is 13.3. The average Bonchev–Trinajstić information content (AvgIpc) is 3.70. The molecule has 2 amide bonds. The number of aliphatic hydroxyl groups excluding tert-OH is 4. The molecule has 384 valence electrons. The van der Waals surface area contributed by atoms with Crippen molar-refractivity contribution >= 4 is 51.1 Å². The van der Waals surface area contributed by atoms with E-state index < -0.39 is 71.3 Å². The van der Waals surface area contributed by atoms with Crippen molar-refractivity contribution in [2.45, 2.75) is 95.6 Å². The molecule has 2 aliphatic heterocycles. The number of nitrogens with zero attached hydrogens (tertiary/aromatic N) is 2. The lowest BCUT2D eigenvalue weighted by atomic mass is 9.80. The first kappa shape index (κ1) is 55.1. The number of hydrogen-bond donors (Lipinski definition) is 8. The fraction of sp³-hybridized carbons (Fsp3) is 0.442. The number of para-hydroxylation sites is 1. The second-order valence-corrected chi connectivity index (χ2v) is 21.2. The van der Waals surface area contributed by atoms with Gasteiger partial charge in [0.25, 0.3) is 21.9 Å². The molecular formula is C52H67N4O13S2+. The van der Waals surface area contributed by atoms with E-state index in [4.69, 9.17) is 9.99 Å². The Morgan fingerprint density at radius 3 is 2.08 bits per heavy atom. The van der Waals surface area contributed by atoms with Gasteiger partial charge in [0.1, 0.15) is 18.1 Å². The van der Waals surface area contributed by atoms with Gasteiger partial charge in [0.05, 0.1) is 49.7 Å². The standard InChI is InChI=1S/C52H66N4O13S2/c1-51(2)42-29-37(49(61)53-39(31-57)32-58)17-21-44(42)55(25-8-10-27-70-69-68-63)46(51)23-19-35-13-12-14-36(48(35)67-41-15-6-5-7-16-41)20-24-47-52(3,4)43-30-38(50(62)54-40(33-59)34-60)18-22-45(43)56(47)26-9-11-28-71(64,65)66/h5-7,15-24,29-30,39-40,57-60H,8-14,25-28,31-34H2,1-4H3,(H3-,53,54,61,62,63,64,65,66)/p+1. The molecule has 0 bridgehead atoms. The molecule has 3 aromatic rings. The average molecular weight is 1020 g/mol. The first-order valence-corrected chi connectivity index (χ1v) is 26.4. The lowest BCUT2D eigenvalue weighted by molar-refractivity contribution is -0.438. The van der Waals surface area contributed by atoms with Crippen LogP contribution in [0.4, 0.5) is 11.4 Å². The molecule has 0 unspecified atom stereocenters. The van der Waals surface area contributed by atoms with E-state index in [1.807, 2.05) is 54.6 Å². The van der Waals surface area contributed by atoms with Gasteiger partial charge in [0.2, 0.25) is 5.69 Å². The predicted molar refractivity (Wildman–Crippen MR) is 272 cm³/mol. The topological polar surface area (TPSA) is 248 Å². The summed E-state index contributed by atoms with van der Waals surface area (Å²) in [5.41, 5.74) is 6.90. The minimum absolute atomic E-state index is 0.232. The van der Waals surface area contributed by atoms with Gasteiger partial charge in [-0.1, -0.05) is 43.2 Å². The number of hydrogen-bond acceptors (Lipinski definition) is 14. The normalized spacial score (nSPS) is 17.5. The Labute approximate surface area is 420 Å². The summed E-state index contributed by atoms with van der Waals surface area (Å²) in [6.45, 7) is 7.74. The molecule has 3 aliphatic rings. The van der Waals surface area contributed by atoms with Gasteiger partial charge in [-0.05, 0) is 124 Å². The van der Waals surface area contributed by atoms with Crippen LogP contribution >= 0.6 is 12.0 Å². The highest BCUT2D eigenvalue weighted by Gasteiger charge is 2.45. The van der Waals surface area contributed by atoms with E-state index in [-0.39, 0.29) is 12.2 Å². The maximum Gasteiger partial charge on any atom is 0.264 e. The fourth-order valence-electron chi connectivity index (χ4n) is 9.31. The summed E-state index contributed by atoms with van der Waals surface area (Å²) in [7, 11) is -4.16. The number of carbonyl (C=O) groups excluding carboxylic acids is 2.